The highest BCUT2D eigenvalue weighted by Gasteiger charge is 2.33. The lowest BCUT2D eigenvalue weighted by molar-refractivity contribution is 0.0879. The number of aliphatic hydroxyl groups is 1. The molecule has 7 nitrogen and oxygen atoms in total. The minimum Gasteiger partial charge on any atom is -0.389 e. The van der Waals surface area contributed by atoms with E-state index in [1.807, 2.05) is 41.2 Å². The third-order valence-electron chi connectivity index (χ3n) is 4.73. The molecule has 0 bridgehead atoms. The molecule has 1 fully saturated rings. The van der Waals surface area contributed by atoms with Crippen LogP contribution in [0.15, 0.2) is 53.3 Å². The first-order chi connectivity index (χ1) is 12.6. The lowest BCUT2D eigenvalue weighted by Crippen LogP contribution is -2.45. The Bertz CT molecular complexity index is 894. The summed E-state index contributed by atoms with van der Waals surface area (Å²) in [7, 11) is 0. The molecular formula is C19H20N4O3. The van der Waals surface area contributed by atoms with Crippen molar-refractivity contribution in [3.8, 4) is 11.3 Å². The maximum Gasteiger partial charge on any atom is 0.273 e. The highest BCUT2D eigenvalue weighted by Crippen LogP contribution is 2.32. The summed E-state index contributed by atoms with van der Waals surface area (Å²) in [5.41, 5.74) is 1.96. The van der Waals surface area contributed by atoms with Gasteiger partial charge in [-0.15, -0.1) is 0 Å². The number of amides is 1. The standard InChI is InChI=1S/C19H20N4O3/c1-12(24)14-10-20-23(11-14)16-7-15(8-16)21-19(25)17-9-18(26-22-17)13-5-3-2-4-6-13/h2-6,9-12,15-16,24H,7-8H2,1H3,(H,21,25)/t12-,15-,16+/m0/s1. The Balaban J connectivity index is 1.33. The van der Waals surface area contributed by atoms with Gasteiger partial charge in [0.15, 0.2) is 11.5 Å². The van der Waals surface area contributed by atoms with Crippen LogP contribution in [0.5, 0.6) is 0 Å². The molecule has 1 amide bonds. The minimum atomic E-state index is -0.523. The first-order valence-electron chi connectivity index (χ1n) is 8.65. The fourth-order valence-electron chi connectivity index (χ4n) is 3.07. The van der Waals surface area contributed by atoms with E-state index < -0.39 is 6.10 Å². The van der Waals surface area contributed by atoms with E-state index in [9.17, 15) is 9.90 Å². The lowest BCUT2D eigenvalue weighted by atomic mass is 9.86. The summed E-state index contributed by atoms with van der Waals surface area (Å²) < 4.78 is 7.13. The molecule has 0 aliphatic heterocycles. The zero-order valence-corrected chi connectivity index (χ0v) is 14.4. The third kappa shape index (κ3) is 3.25. The molecular weight excluding hydrogens is 332 g/mol. The van der Waals surface area contributed by atoms with E-state index in [1.165, 1.54) is 0 Å². The lowest BCUT2D eigenvalue weighted by Gasteiger charge is -2.35. The number of carbonyl (C=O) groups excluding carboxylic acids is 1. The van der Waals surface area contributed by atoms with Gasteiger partial charge < -0.3 is 14.9 Å². The highest BCUT2D eigenvalue weighted by molar-refractivity contribution is 5.93. The van der Waals surface area contributed by atoms with Crippen LogP contribution < -0.4 is 5.32 Å². The SMILES string of the molecule is C[C@H](O)c1cnn([C@H]2C[C@@H](NC(=O)c3cc(-c4ccccc4)on3)C2)c1. The monoisotopic (exact) mass is 352 g/mol. The van der Waals surface area contributed by atoms with E-state index in [-0.39, 0.29) is 23.7 Å². The van der Waals surface area contributed by atoms with Crippen LogP contribution in [0.25, 0.3) is 11.3 Å². The van der Waals surface area contributed by atoms with E-state index in [0.29, 0.717) is 5.76 Å². The summed E-state index contributed by atoms with van der Waals surface area (Å²) in [6.45, 7) is 1.72. The quantitative estimate of drug-likeness (QED) is 0.736. The molecule has 26 heavy (non-hydrogen) atoms. The average molecular weight is 352 g/mol. The number of benzene rings is 1. The Kier molecular flexibility index (Phi) is 4.30. The van der Waals surface area contributed by atoms with Crippen LogP contribution in [0.2, 0.25) is 0 Å². The van der Waals surface area contributed by atoms with E-state index in [2.05, 4.69) is 15.6 Å². The van der Waals surface area contributed by atoms with Gasteiger partial charge in [0.05, 0.1) is 18.3 Å². The number of nitrogens with zero attached hydrogens (tertiary/aromatic N) is 3. The van der Waals surface area contributed by atoms with Crippen LogP contribution in [-0.2, 0) is 0 Å². The van der Waals surface area contributed by atoms with Gasteiger partial charge in [-0.2, -0.15) is 5.10 Å². The molecule has 0 spiro atoms. The van der Waals surface area contributed by atoms with Crippen molar-refractivity contribution in [3.05, 3.63) is 60.0 Å². The summed E-state index contributed by atoms with van der Waals surface area (Å²) in [6.07, 6.45) is 4.62. The van der Waals surface area contributed by atoms with Gasteiger partial charge in [0, 0.05) is 29.4 Å². The second-order valence-corrected chi connectivity index (χ2v) is 6.67. The molecule has 1 aliphatic rings. The Labute approximate surface area is 150 Å². The van der Waals surface area contributed by atoms with Crippen molar-refractivity contribution in [3.63, 3.8) is 0 Å². The summed E-state index contributed by atoms with van der Waals surface area (Å²) in [4.78, 5) is 12.3. The highest BCUT2D eigenvalue weighted by atomic mass is 16.5. The van der Waals surface area contributed by atoms with Crippen LogP contribution in [0.3, 0.4) is 0 Å². The molecule has 1 saturated carbocycles. The molecule has 0 radical (unpaired) electrons. The minimum absolute atomic E-state index is 0.0866. The van der Waals surface area contributed by atoms with Gasteiger partial charge in [-0.1, -0.05) is 35.5 Å². The molecule has 2 N–H and O–H groups in total. The summed E-state index contributed by atoms with van der Waals surface area (Å²) >= 11 is 0. The summed E-state index contributed by atoms with van der Waals surface area (Å²) in [5.74, 6) is 0.342. The molecule has 7 heteroatoms. The van der Waals surface area contributed by atoms with E-state index in [4.69, 9.17) is 4.52 Å². The Morgan fingerprint density at radius 3 is 2.81 bits per heavy atom. The zero-order chi connectivity index (χ0) is 18.1. The number of aliphatic hydroxyl groups excluding tert-OH is 1. The van der Waals surface area contributed by atoms with E-state index in [1.54, 1.807) is 19.2 Å². The average Bonchev–Trinajstić information content (AvgIpc) is 3.28. The maximum absolute atomic E-state index is 12.3. The number of rotatable bonds is 5. The van der Waals surface area contributed by atoms with Gasteiger partial charge >= 0.3 is 0 Å². The first kappa shape index (κ1) is 16.5. The van der Waals surface area contributed by atoms with Crippen LogP contribution in [0.4, 0.5) is 0 Å². The van der Waals surface area contributed by atoms with Gasteiger partial charge in [0.2, 0.25) is 0 Å². The molecule has 3 aromatic rings. The van der Waals surface area contributed by atoms with Gasteiger partial charge in [0.1, 0.15) is 0 Å². The maximum atomic E-state index is 12.3. The van der Waals surface area contributed by atoms with Crippen LogP contribution >= 0.6 is 0 Å². The predicted octanol–water partition coefficient (Wildman–Crippen LogP) is 2.72. The molecule has 1 aliphatic carbocycles. The second-order valence-electron chi connectivity index (χ2n) is 6.67. The fraction of sp³-hybridized carbons (Fsp3) is 0.316. The molecule has 1 aromatic carbocycles. The zero-order valence-electron chi connectivity index (χ0n) is 14.4. The molecule has 1 atom stereocenters. The van der Waals surface area contributed by atoms with Gasteiger partial charge in [-0.25, -0.2) is 0 Å². The van der Waals surface area contributed by atoms with E-state index in [0.717, 1.165) is 24.0 Å². The number of nitrogens with one attached hydrogen (secondary N) is 1. The van der Waals surface area contributed by atoms with Crippen molar-refractivity contribution in [2.75, 3.05) is 0 Å². The number of hydrogen-bond donors (Lipinski definition) is 2. The van der Waals surface area contributed by atoms with Crippen molar-refractivity contribution >= 4 is 5.91 Å². The predicted molar refractivity (Wildman–Crippen MR) is 94.3 cm³/mol. The summed E-state index contributed by atoms with van der Waals surface area (Å²) in [6, 6.07) is 11.5. The Hall–Kier alpha value is -2.93. The largest absolute Gasteiger partial charge is 0.389 e. The molecule has 0 saturated heterocycles. The van der Waals surface area contributed by atoms with Crippen molar-refractivity contribution < 1.29 is 14.4 Å². The Morgan fingerprint density at radius 2 is 2.12 bits per heavy atom. The van der Waals surface area contributed by atoms with Crippen molar-refractivity contribution in [2.24, 2.45) is 0 Å². The van der Waals surface area contributed by atoms with Crippen molar-refractivity contribution in [1.82, 2.24) is 20.3 Å². The second kappa shape index (κ2) is 6.76. The molecule has 4 rings (SSSR count). The van der Waals surface area contributed by atoms with E-state index >= 15 is 0 Å². The van der Waals surface area contributed by atoms with Crippen LogP contribution in [-0.4, -0.2) is 32.0 Å². The van der Waals surface area contributed by atoms with Gasteiger partial charge in [-0.05, 0) is 19.8 Å². The molecule has 2 aromatic heterocycles. The van der Waals surface area contributed by atoms with Crippen LogP contribution in [0, 0.1) is 0 Å². The van der Waals surface area contributed by atoms with Crippen LogP contribution in [0.1, 0.15) is 48.0 Å². The third-order valence-corrected chi connectivity index (χ3v) is 4.73. The number of carbonyl (C=O) groups is 1. The smallest absolute Gasteiger partial charge is 0.273 e. The number of aromatic nitrogens is 3. The first-order valence-corrected chi connectivity index (χ1v) is 8.65. The number of hydrogen-bond acceptors (Lipinski definition) is 5. The van der Waals surface area contributed by atoms with Crippen molar-refractivity contribution in [2.45, 2.75) is 38.0 Å². The van der Waals surface area contributed by atoms with Gasteiger partial charge in [0.25, 0.3) is 5.91 Å². The van der Waals surface area contributed by atoms with Crippen molar-refractivity contribution in [1.29, 1.82) is 0 Å². The topological polar surface area (TPSA) is 93.2 Å². The molecule has 0 unspecified atom stereocenters. The summed E-state index contributed by atoms with van der Waals surface area (Å²) in [5, 5.41) is 20.7. The fourth-order valence-corrected chi connectivity index (χ4v) is 3.07. The molecule has 134 valence electrons. The Morgan fingerprint density at radius 1 is 1.35 bits per heavy atom. The normalized spacial score (nSPS) is 20.4. The van der Waals surface area contributed by atoms with Gasteiger partial charge in [-0.3, -0.25) is 9.48 Å². The molecule has 2 heterocycles.